The van der Waals surface area contributed by atoms with E-state index in [1.807, 2.05) is 12.1 Å². The summed E-state index contributed by atoms with van der Waals surface area (Å²) >= 11 is 0. The van der Waals surface area contributed by atoms with Crippen LogP contribution in [0, 0.1) is 5.92 Å². The zero-order valence-corrected chi connectivity index (χ0v) is 13.2. The standard InChI is InChI=1S/C16H24N2O3/c1-11-8-18(10-14(11)17(2)3)9-12-5-6-13(16(19)20)15(7-12)21-4/h5-7,11,14H,8-10H2,1-4H3,(H,19,20). The topological polar surface area (TPSA) is 53.0 Å². The SMILES string of the molecule is COc1cc(CN2CC(C)C(N(C)C)C2)ccc1C(=O)O. The summed E-state index contributed by atoms with van der Waals surface area (Å²) in [4.78, 5) is 15.8. The van der Waals surface area contributed by atoms with Crippen molar-refractivity contribution >= 4 is 5.97 Å². The summed E-state index contributed by atoms with van der Waals surface area (Å²) in [6.45, 7) is 5.20. The van der Waals surface area contributed by atoms with E-state index in [0.29, 0.717) is 17.7 Å². The molecule has 1 saturated heterocycles. The number of benzene rings is 1. The van der Waals surface area contributed by atoms with Crippen LogP contribution in [0.5, 0.6) is 5.75 Å². The molecule has 0 bridgehead atoms. The summed E-state index contributed by atoms with van der Waals surface area (Å²) in [5, 5.41) is 9.11. The van der Waals surface area contributed by atoms with Crippen LogP contribution in [0.4, 0.5) is 0 Å². The monoisotopic (exact) mass is 292 g/mol. The van der Waals surface area contributed by atoms with Gasteiger partial charge < -0.3 is 14.7 Å². The average Bonchev–Trinajstić information content (AvgIpc) is 2.79. The predicted molar refractivity (Wildman–Crippen MR) is 81.9 cm³/mol. The van der Waals surface area contributed by atoms with Gasteiger partial charge in [0.15, 0.2) is 0 Å². The Morgan fingerprint density at radius 2 is 2.14 bits per heavy atom. The van der Waals surface area contributed by atoms with Crippen LogP contribution in [0.1, 0.15) is 22.8 Å². The molecule has 0 saturated carbocycles. The largest absolute Gasteiger partial charge is 0.496 e. The molecular formula is C16H24N2O3. The van der Waals surface area contributed by atoms with Crippen LogP contribution in [-0.4, -0.2) is 61.2 Å². The van der Waals surface area contributed by atoms with Crippen molar-refractivity contribution in [3.05, 3.63) is 29.3 Å². The molecule has 0 aromatic heterocycles. The zero-order valence-electron chi connectivity index (χ0n) is 13.2. The minimum Gasteiger partial charge on any atom is -0.496 e. The van der Waals surface area contributed by atoms with Crippen LogP contribution in [0.25, 0.3) is 0 Å². The minimum atomic E-state index is -0.958. The van der Waals surface area contributed by atoms with Gasteiger partial charge in [-0.2, -0.15) is 0 Å². The van der Waals surface area contributed by atoms with Gasteiger partial charge in [-0.05, 0) is 37.7 Å². The van der Waals surface area contributed by atoms with E-state index in [4.69, 9.17) is 9.84 Å². The number of carboxylic acid groups (broad SMARTS) is 1. The van der Waals surface area contributed by atoms with Gasteiger partial charge in [0.05, 0.1) is 7.11 Å². The number of rotatable bonds is 5. The Labute approximate surface area is 126 Å². The normalized spacial score (nSPS) is 22.7. The maximum Gasteiger partial charge on any atom is 0.339 e. The molecule has 1 aliphatic rings. The molecule has 21 heavy (non-hydrogen) atoms. The molecule has 2 unspecified atom stereocenters. The molecule has 1 aromatic rings. The van der Waals surface area contributed by atoms with Crippen LogP contribution in [-0.2, 0) is 6.54 Å². The van der Waals surface area contributed by atoms with Crippen LogP contribution >= 0.6 is 0 Å². The summed E-state index contributed by atoms with van der Waals surface area (Å²) in [6, 6.07) is 5.90. The lowest BCUT2D eigenvalue weighted by atomic mass is 10.1. The fourth-order valence-electron chi connectivity index (χ4n) is 3.12. The molecule has 116 valence electrons. The van der Waals surface area contributed by atoms with Crippen LogP contribution in [0.15, 0.2) is 18.2 Å². The van der Waals surface area contributed by atoms with Crippen molar-refractivity contribution in [1.82, 2.24) is 9.80 Å². The maximum atomic E-state index is 11.1. The van der Waals surface area contributed by atoms with Gasteiger partial charge in [-0.15, -0.1) is 0 Å². The molecule has 5 heteroatoms. The Bertz CT molecular complexity index is 516. The number of hydrogen-bond acceptors (Lipinski definition) is 4. The highest BCUT2D eigenvalue weighted by Gasteiger charge is 2.30. The van der Waals surface area contributed by atoms with E-state index >= 15 is 0 Å². The Morgan fingerprint density at radius 1 is 1.43 bits per heavy atom. The van der Waals surface area contributed by atoms with E-state index in [9.17, 15) is 4.79 Å². The molecule has 0 spiro atoms. The molecule has 5 nitrogen and oxygen atoms in total. The number of carbonyl (C=O) groups is 1. The minimum absolute atomic E-state index is 0.210. The molecule has 0 radical (unpaired) electrons. The number of ether oxygens (including phenoxy) is 1. The van der Waals surface area contributed by atoms with E-state index in [0.717, 1.165) is 25.2 Å². The smallest absolute Gasteiger partial charge is 0.339 e. The molecule has 0 amide bonds. The Balaban J connectivity index is 2.09. The van der Waals surface area contributed by atoms with Gasteiger partial charge in [0, 0.05) is 25.7 Å². The first kappa shape index (κ1) is 15.8. The van der Waals surface area contributed by atoms with Gasteiger partial charge in [0.2, 0.25) is 0 Å². The number of methoxy groups -OCH3 is 1. The number of likely N-dealkylation sites (tertiary alicyclic amines) is 1. The maximum absolute atomic E-state index is 11.1. The second-order valence-corrected chi connectivity index (χ2v) is 6.04. The second kappa shape index (κ2) is 6.45. The van der Waals surface area contributed by atoms with Crippen LogP contribution < -0.4 is 4.74 Å². The summed E-state index contributed by atoms with van der Waals surface area (Å²) in [5.41, 5.74) is 1.30. The highest BCUT2D eigenvalue weighted by atomic mass is 16.5. The lowest BCUT2D eigenvalue weighted by Crippen LogP contribution is -2.34. The Morgan fingerprint density at radius 3 is 2.67 bits per heavy atom. The number of likely N-dealkylation sites (N-methyl/N-ethyl adjacent to an activating group) is 1. The second-order valence-electron chi connectivity index (χ2n) is 6.04. The highest BCUT2D eigenvalue weighted by Crippen LogP contribution is 2.25. The van der Waals surface area contributed by atoms with Gasteiger partial charge in [-0.1, -0.05) is 13.0 Å². The molecule has 1 heterocycles. The number of carboxylic acids is 1. The van der Waals surface area contributed by atoms with Crippen molar-refractivity contribution in [1.29, 1.82) is 0 Å². The van der Waals surface area contributed by atoms with E-state index in [-0.39, 0.29) is 5.56 Å². The lowest BCUT2D eigenvalue weighted by molar-refractivity contribution is 0.0693. The third-order valence-corrected chi connectivity index (χ3v) is 4.21. The lowest BCUT2D eigenvalue weighted by Gasteiger charge is -2.22. The molecule has 1 N–H and O–H groups in total. The quantitative estimate of drug-likeness (QED) is 0.896. The molecule has 1 aliphatic heterocycles. The fourth-order valence-corrected chi connectivity index (χ4v) is 3.12. The van der Waals surface area contributed by atoms with Crippen molar-refractivity contribution in [3.8, 4) is 5.75 Å². The van der Waals surface area contributed by atoms with E-state index in [1.165, 1.54) is 7.11 Å². The molecule has 0 aliphatic carbocycles. The van der Waals surface area contributed by atoms with Gasteiger partial charge in [-0.25, -0.2) is 4.79 Å². The van der Waals surface area contributed by atoms with Gasteiger partial charge >= 0.3 is 5.97 Å². The Kier molecular flexibility index (Phi) is 4.85. The van der Waals surface area contributed by atoms with E-state index in [2.05, 4.69) is 30.8 Å². The first-order valence-corrected chi connectivity index (χ1v) is 7.21. The average molecular weight is 292 g/mol. The number of nitrogens with zero attached hydrogens (tertiary/aromatic N) is 2. The van der Waals surface area contributed by atoms with Crippen molar-refractivity contribution in [2.45, 2.75) is 19.5 Å². The third-order valence-electron chi connectivity index (χ3n) is 4.21. The van der Waals surface area contributed by atoms with Crippen molar-refractivity contribution < 1.29 is 14.6 Å². The van der Waals surface area contributed by atoms with Crippen LogP contribution in [0.3, 0.4) is 0 Å². The van der Waals surface area contributed by atoms with Crippen molar-refractivity contribution in [2.75, 3.05) is 34.3 Å². The third kappa shape index (κ3) is 3.54. The van der Waals surface area contributed by atoms with Crippen molar-refractivity contribution in [3.63, 3.8) is 0 Å². The summed E-state index contributed by atoms with van der Waals surface area (Å²) in [6.07, 6.45) is 0. The first-order chi connectivity index (χ1) is 9.92. The summed E-state index contributed by atoms with van der Waals surface area (Å²) in [5.74, 6) is 0.109. The highest BCUT2D eigenvalue weighted by molar-refractivity contribution is 5.90. The molecule has 1 fully saturated rings. The van der Waals surface area contributed by atoms with Crippen molar-refractivity contribution in [2.24, 2.45) is 5.92 Å². The molecular weight excluding hydrogens is 268 g/mol. The zero-order chi connectivity index (χ0) is 15.6. The van der Waals surface area contributed by atoms with E-state index in [1.54, 1.807) is 6.07 Å². The van der Waals surface area contributed by atoms with Gasteiger partial charge in [-0.3, -0.25) is 4.90 Å². The molecule has 1 aromatic carbocycles. The van der Waals surface area contributed by atoms with Gasteiger partial charge in [0.25, 0.3) is 0 Å². The van der Waals surface area contributed by atoms with Crippen LogP contribution in [0.2, 0.25) is 0 Å². The number of hydrogen-bond donors (Lipinski definition) is 1. The molecule has 2 atom stereocenters. The Hall–Kier alpha value is -1.59. The van der Waals surface area contributed by atoms with Gasteiger partial charge in [0.1, 0.15) is 11.3 Å². The summed E-state index contributed by atoms with van der Waals surface area (Å²) < 4.78 is 5.18. The number of aromatic carboxylic acids is 1. The van der Waals surface area contributed by atoms with E-state index < -0.39 is 5.97 Å². The molecule has 2 rings (SSSR count). The first-order valence-electron chi connectivity index (χ1n) is 7.21. The fraction of sp³-hybridized carbons (Fsp3) is 0.562. The summed E-state index contributed by atoms with van der Waals surface area (Å²) in [7, 11) is 5.75. The predicted octanol–water partition coefficient (Wildman–Crippen LogP) is 1.78.